The molecule has 0 heterocycles. The van der Waals surface area contributed by atoms with E-state index in [0.717, 1.165) is 18.4 Å². The van der Waals surface area contributed by atoms with Crippen molar-refractivity contribution in [1.29, 1.82) is 0 Å². The summed E-state index contributed by atoms with van der Waals surface area (Å²) >= 11 is 0. The summed E-state index contributed by atoms with van der Waals surface area (Å²) in [4.78, 5) is 0. The summed E-state index contributed by atoms with van der Waals surface area (Å²) in [6, 6.07) is 0. The van der Waals surface area contributed by atoms with Gasteiger partial charge in [-0.15, -0.1) is 0 Å². The molecule has 0 amide bonds. The second-order valence-electron chi connectivity index (χ2n) is 3.39. The molecule has 90 valence electrons. The summed E-state index contributed by atoms with van der Waals surface area (Å²) in [5.41, 5.74) is 6.41. The molecule has 0 aromatic carbocycles. The largest absolute Gasteiger partial charge is 0.380 e. The molecule has 0 bridgehead atoms. The summed E-state index contributed by atoms with van der Waals surface area (Å²) in [5.74, 6) is 0.285. The van der Waals surface area contributed by atoms with Gasteiger partial charge in [0.1, 0.15) is 0 Å². The molecule has 0 aliphatic rings. The van der Waals surface area contributed by atoms with Gasteiger partial charge < -0.3 is 10.5 Å². The Balaban J connectivity index is 4.28. The van der Waals surface area contributed by atoms with Crippen molar-refractivity contribution >= 4 is 9.84 Å². The van der Waals surface area contributed by atoms with Gasteiger partial charge >= 0.3 is 0 Å². The fraction of sp³-hybridized carbons (Fsp3) is 0.800. The fourth-order valence-electron chi connectivity index (χ4n) is 1.11. The van der Waals surface area contributed by atoms with E-state index < -0.39 is 9.84 Å². The molecule has 0 unspecified atom stereocenters. The molecule has 0 aliphatic heterocycles. The summed E-state index contributed by atoms with van der Waals surface area (Å²) < 4.78 is 27.5. The number of ether oxygens (including phenoxy) is 1. The molecule has 0 rings (SSSR count). The van der Waals surface area contributed by atoms with Crippen LogP contribution in [0.4, 0.5) is 0 Å². The quantitative estimate of drug-likeness (QED) is 0.630. The van der Waals surface area contributed by atoms with Gasteiger partial charge in [0.2, 0.25) is 0 Å². The van der Waals surface area contributed by atoms with Crippen LogP contribution in [0.2, 0.25) is 0 Å². The number of hydrogen-bond donors (Lipinski definition) is 1. The van der Waals surface area contributed by atoms with E-state index in [1.54, 1.807) is 20.1 Å². The Morgan fingerprint density at radius 1 is 1.47 bits per heavy atom. The third-order valence-corrected chi connectivity index (χ3v) is 3.65. The van der Waals surface area contributed by atoms with Crippen molar-refractivity contribution in [2.24, 2.45) is 5.73 Å². The third kappa shape index (κ3) is 7.53. The molecule has 4 nitrogen and oxygen atoms in total. The smallest absolute Gasteiger partial charge is 0.153 e. The van der Waals surface area contributed by atoms with Crippen molar-refractivity contribution in [2.45, 2.75) is 19.8 Å². The first-order chi connectivity index (χ1) is 7.05. The lowest BCUT2D eigenvalue weighted by molar-refractivity contribution is 0.222. The zero-order chi connectivity index (χ0) is 11.7. The minimum Gasteiger partial charge on any atom is -0.380 e. The van der Waals surface area contributed by atoms with Crippen molar-refractivity contribution < 1.29 is 13.2 Å². The van der Waals surface area contributed by atoms with E-state index in [4.69, 9.17) is 10.5 Å². The average molecular weight is 235 g/mol. The number of nitrogens with two attached hydrogens (primary N) is 1. The molecular formula is C10H21NO3S. The molecule has 0 aromatic heterocycles. The van der Waals surface area contributed by atoms with Gasteiger partial charge in [0.25, 0.3) is 0 Å². The Morgan fingerprint density at radius 3 is 2.60 bits per heavy atom. The predicted octanol–water partition coefficient (Wildman–Crippen LogP) is 0.733. The van der Waals surface area contributed by atoms with Crippen LogP contribution in [0.25, 0.3) is 0 Å². The monoisotopic (exact) mass is 235 g/mol. The summed E-state index contributed by atoms with van der Waals surface area (Å²) in [7, 11) is -1.32. The highest BCUT2D eigenvalue weighted by molar-refractivity contribution is 7.91. The SMILES string of the molecule is CCS(=O)(=O)C/C=C(/CCCN)COC. The Hall–Kier alpha value is -0.390. The van der Waals surface area contributed by atoms with Gasteiger partial charge in [0.05, 0.1) is 12.4 Å². The van der Waals surface area contributed by atoms with Crippen LogP contribution in [0.1, 0.15) is 19.8 Å². The topological polar surface area (TPSA) is 69.4 Å². The molecular weight excluding hydrogens is 214 g/mol. The third-order valence-electron chi connectivity index (χ3n) is 2.10. The number of methoxy groups -OCH3 is 1. The van der Waals surface area contributed by atoms with E-state index in [1.165, 1.54) is 0 Å². The van der Waals surface area contributed by atoms with Gasteiger partial charge in [-0.25, -0.2) is 8.42 Å². The molecule has 5 heteroatoms. The highest BCUT2D eigenvalue weighted by atomic mass is 32.2. The van der Waals surface area contributed by atoms with Crippen LogP contribution >= 0.6 is 0 Å². The Labute approximate surface area is 92.4 Å². The first kappa shape index (κ1) is 14.6. The van der Waals surface area contributed by atoms with Crippen LogP contribution in [0.3, 0.4) is 0 Å². The predicted molar refractivity (Wildman–Crippen MR) is 62.6 cm³/mol. The molecule has 0 fully saturated rings. The maximum absolute atomic E-state index is 11.3. The van der Waals surface area contributed by atoms with Gasteiger partial charge in [0, 0.05) is 12.9 Å². The van der Waals surface area contributed by atoms with Crippen LogP contribution in [0.15, 0.2) is 11.6 Å². The number of hydrogen-bond acceptors (Lipinski definition) is 4. The Morgan fingerprint density at radius 2 is 2.13 bits per heavy atom. The average Bonchev–Trinajstić information content (AvgIpc) is 2.22. The van der Waals surface area contributed by atoms with Crippen LogP contribution in [-0.2, 0) is 14.6 Å². The molecule has 0 saturated carbocycles. The van der Waals surface area contributed by atoms with Gasteiger partial charge in [-0.2, -0.15) is 0 Å². The lowest BCUT2D eigenvalue weighted by Crippen LogP contribution is -2.09. The van der Waals surface area contributed by atoms with E-state index in [0.29, 0.717) is 13.2 Å². The molecule has 0 radical (unpaired) electrons. The van der Waals surface area contributed by atoms with E-state index in [-0.39, 0.29) is 11.5 Å². The van der Waals surface area contributed by atoms with Crippen molar-refractivity contribution in [1.82, 2.24) is 0 Å². The Bertz CT molecular complexity index is 283. The van der Waals surface area contributed by atoms with Crippen molar-refractivity contribution in [3.05, 3.63) is 11.6 Å². The van der Waals surface area contributed by atoms with Crippen LogP contribution < -0.4 is 5.73 Å². The lowest BCUT2D eigenvalue weighted by atomic mass is 10.1. The van der Waals surface area contributed by atoms with Gasteiger partial charge in [-0.3, -0.25) is 0 Å². The van der Waals surface area contributed by atoms with Crippen molar-refractivity contribution in [3.8, 4) is 0 Å². The summed E-state index contributed by atoms with van der Waals surface area (Å²) in [5, 5.41) is 0. The zero-order valence-corrected chi connectivity index (χ0v) is 10.3. The Kier molecular flexibility index (Phi) is 7.64. The zero-order valence-electron chi connectivity index (χ0n) is 9.53. The van der Waals surface area contributed by atoms with Gasteiger partial charge in [-0.1, -0.05) is 13.0 Å². The lowest BCUT2D eigenvalue weighted by Gasteiger charge is -2.05. The number of rotatable bonds is 8. The summed E-state index contributed by atoms with van der Waals surface area (Å²) in [6.07, 6.45) is 3.42. The highest BCUT2D eigenvalue weighted by Gasteiger charge is 2.05. The normalized spacial score (nSPS) is 13.1. The van der Waals surface area contributed by atoms with E-state index in [1.807, 2.05) is 0 Å². The fourth-order valence-corrected chi connectivity index (χ4v) is 1.84. The van der Waals surface area contributed by atoms with Crippen molar-refractivity contribution in [2.75, 3.05) is 31.8 Å². The molecule has 0 atom stereocenters. The van der Waals surface area contributed by atoms with Crippen LogP contribution in [0, 0.1) is 0 Å². The van der Waals surface area contributed by atoms with Crippen molar-refractivity contribution in [3.63, 3.8) is 0 Å². The minimum atomic E-state index is -2.92. The molecule has 0 saturated heterocycles. The first-order valence-corrected chi connectivity index (χ1v) is 6.95. The minimum absolute atomic E-state index is 0.104. The van der Waals surface area contributed by atoms with Crippen LogP contribution in [-0.4, -0.2) is 40.2 Å². The van der Waals surface area contributed by atoms with Crippen LogP contribution in [0.5, 0.6) is 0 Å². The van der Waals surface area contributed by atoms with Gasteiger partial charge in [0.15, 0.2) is 9.84 Å². The standard InChI is InChI=1S/C10H21NO3S/c1-3-15(12,13)8-6-10(9-14-2)5-4-7-11/h6H,3-5,7-9,11H2,1-2H3/b10-6-. The molecule has 0 spiro atoms. The highest BCUT2D eigenvalue weighted by Crippen LogP contribution is 2.06. The molecule has 0 aliphatic carbocycles. The van der Waals surface area contributed by atoms with E-state index in [9.17, 15) is 8.42 Å². The maximum atomic E-state index is 11.3. The molecule has 0 aromatic rings. The number of sulfone groups is 1. The second-order valence-corrected chi connectivity index (χ2v) is 5.78. The van der Waals surface area contributed by atoms with E-state index in [2.05, 4.69) is 0 Å². The summed E-state index contributed by atoms with van der Waals surface area (Å²) in [6.45, 7) is 2.75. The molecule has 15 heavy (non-hydrogen) atoms. The molecule has 2 N–H and O–H groups in total. The van der Waals surface area contributed by atoms with E-state index >= 15 is 0 Å². The second kappa shape index (κ2) is 7.84. The van der Waals surface area contributed by atoms with Gasteiger partial charge in [-0.05, 0) is 25.0 Å². The first-order valence-electron chi connectivity index (χ1n) is 5.13. The maximum Gasteiger partial charge on any atom is 0.153 e.